The largest absolute Gasteiger partial charge is 0.493 e. The fourth-order valence-electron chi connectivity index (χ4n) is 5.02. The van der Waals surface area contributed by atoms with Crippen molar-refractivity contribution in [1.82, 2.24) is 9.13 Å². The van der Waals surface area contributed by atoms with Gasteiger partial charge in [0.25, 0.3) is 10.0 Å². The lowest BCUT2D eigenvalue weighted by atomic mass is 10.2. The second-order valence-electron chi connectivity index (χ2n) is 10.8. The second kappa shape index (κ2) is 15.3. The number of hydrogen-bond acceptors (Lipinski definition) is 9. The molecule has 0 aliphatic rings. The summed E-state index contributed by atoms with van der Waals surface area (Å²) in [6.07, 6.45) is 4.71. The van der Waals surface area contributed by atoms with Gasteiger partial charge in [0.15, 0.2) is 17.2 Å². The zero-order valence-electron chi connectivity index (χ0n) is 27.4. The second-order valence-corrected chi connectivity index (χ2v) is 12.8. The molecule has 46 heavy (non-hydrogen) atoms. The van der Waals surface area contributed by atoms with Crippen LogP contribution in [-0.2, 0) is 24.1 Å². The number of rotatable bonds is 17. The van der Waals surface area contributed by atoms with E-state index in [1.165, 1.54) is 48.6 Å². The molecule has 0 amide bonds. The van der Waals surface area contributed by atoms with Crippen molar-refractivity contribution >= 4 is 26.7 Å². The first-order valence-electron chi connectivity index (χ1n) is 15.2. The number of benzene rings is 3. The number of unbranched alkanes of at least 4 members (excludes halogenated alkanes) is 3. The molecular weight excluding hydrogens is 612 g/mol. The summed E-state index contributed by atoms with van der Waals surface area (Å²) in [6, 6.07) is 12.9. The van der Waals surface area contributed by atoms with Crippen LogP contribution in [0.25, 0.3) is 11.0 Å². The zero-order valence-corrected chi connectivity index (χ0v) is 28.2. The highest BCUT2D eigenvalue weighted by Gasteiger charge is 2.27. The number of hydrogen-bond donors (Lipinski definition) is 1. The van der Waals surface area contributed by atoms with E-state index in [-0.39, 0.29) is 27.8 Å². The molecule has 0 bridgehead atoms. The Hall–Kier alpha value is -4.36. The SMILES string of the molecule is CCCOc1cc(OCCCCCCN)cc(Oc2cc3c(cc2N(C)S(=O)(=O)c2ccc(OC)c(OC)c2)n(C)c(=O)n3C)c1. The number of aryl methyl sites for hydroxylation is 2. The van der Waals surface area contributed by atoms with Crippen molar-refractivity contribution in [3.63, 3.8) is 0 Å². The Morgan fingerprint density at radius 3 is 2.00 bits per heavy atom. The molecule has 0 saturated carbocycles. The van der Waals surface area contributed by atoms with Crippen LogP contribution in [-0.4, -0.2) is 58.6 Å². The van der Waals surface area contributed by atoms with Crippen molar-refractivity contribution < 1.29 is 32.1 Å². The molecule has 4 rings (SSSR count). The zero-order chi connectivity index (χ0) is 33.4. The summed E-state index contributed by atoms with van der Waals surface area (Å²) in [5.41, 5.74) is 6.65. The molecule has 0 spiro atoms. The van der Waals surface area contributed by atoms with Crippen LogP contribution in [0.15, 0.2) is 58.2 Å². The van der Waals surface area contributed by atoms with E-state index in [2.05, 4.69) is 0 Å². The normalized spacial score (nSPS) is 11.5. The van der Waals surface area contributed by atoms with Gasteiger partial charge in [0.1, 0.15) is 17.2 Å². The summed E-state index contributed by atoms with van der Waals surface area (Å²) in [7, 11) is 3.49. The molecule has 0 radical (unpaired) electrons. The van der Waals surface area contributed by atoms with Crippen LogP contribution in [0, 0.1) is 0 Å². The smallest absolute Gasteiger partial charge is 0.328 e. The Labute approximate surface area is 270 Å². The van der Waals surface area contributed by atoms with Gasteiger partial charge in [-0.05, 0) is 44.0 Å². The van der Waals surface area contributed by atoms with Crippen LogP contribution < -0.4 is 39.4 Å². The van der Waals surface area contributed by atoms with Crippen molar-refractivity contribution in [2.45, 2.75) is 43.9 Å². The van der Waals surface area contributed by atoms with Gasteiger partial charge in [-0.1, -0.05) is 19.8 Å². The molecular formula is C33H44N4O8S. The Morgan fingerprint density at radius 1 is 0.761 bits per heavy atom. The number of aromatic nitrogens is 2. The summed E-state index contributed by atoms with van der Waals surface area (Å²) >= 11 is 0. The molecule has 12 nitrogen and oxygen atoms in total. The van der Waals surface area contributed by atoms with E-state index < -0.39 is 10.0 Å². The van der Waals surface area contributed by atoms with E-state index in [1.54, 1.807) is 44.4 Å². The number of anilines is 1. The lowest BCUT2D eigenvalue weighted by molar-refractivity contribution is 0.292. The van der Waals surface area contributed by atoms with Crippen LogP contribution in [0.3, 0.4) is 0 Å². The van der Waals surface area contributed by atoms with E-state index in [4.69, 9.17) is 29.4 Å². The average Bonchev–Trinajstić information content (AvgIpc) is 3.26. The molecule has 1 heterocycles. The molecule has 3 aromatic carbocycles. The third-order valence-corrected chi connectivity index (χ3v) is 9.39. The van der Waals surface area contributed by atoms with E-state index in [0.29, 0.717) is 53.8 Å². The summed E-state index contributed by atoms with van der Waals surface area (Å²) in [4.78, 5) is 12.8. The van der Waals surface area contributed by atoms with E-state index in [0.717, 1.165) is 36.4 Å². The summed E-state index contributed by atoms with van der Waals surface area (Å²) in [6.45, 7) is 3.70. The monoisotopic (exact) mass is 656 g/mol. The van der Waals surface area contributed by atoms with Crippen molar-refractivity contribution in [1.29, 1.82) is 0 Å². The molecule has 1 aromatic heterocycles. The average molecular weight is 657 g/mol. The minimum Gasteiger partial charge on any atom is -0.493 e. The van der Waals surface area contributed by atoms with Crippen LogP contribution >= 0.6 is 0 Å². The van der Waals surface area contributed by atoms with Gasteiger partial charge in [0, 0.05) is 51.5 Å². The number of imidazole rings is 1. The molecule has 0 aliphatic carbocycles. The first-order chi connectivity index (χ1) is 22.0. The molecule has 13 heteroatoms. The highest BCUT2D eigenvalue weighted by atomic mass is 32.2. The molecule has 0 atom stereocenters. The predicted molar refractivity (Wildman–Crippen MR) is 179 cm³/mol. The van der Waals surface area contributed by atoms with E-state index in [1.807, 2.05) is 6.92 Å². The van der Waals surface area contributed by atoms with Gasteiger partial charge in [0.05, 0.1) is 49.0 Å². The lowest BCUT2D eigenvalue weighted by Gasteiger charge is -2.23. The highest BCUT2D eigenvalue weighted by molar-refractivity contribution is 7.92. The molecule has 0 fully saturated rings. The van der Waals surface area contributed by atoms with Gasteiger partial charge in [0.2, 0.25) is 0 Å². The topological polar surface area (TPSA) is 136 Å². The van der Waals surface area contributed by atoms with E-state index in [9.17, 15) is 13.2 Å². The predicted octanol–water partition coefficient (Wildman–Crippen LogP) is 5.20. The van der Waals surface area contributed by atoms with Gasteiger partial charge in [-0.15, -0.1) is 0 Å². The van der Waals surface area contributed by atoms with Crippen molar-refractivity contribution in [3.8, 4) is 34.5 Å². The number of methoxy groups -OCH3 is 2. The van der Waals surface area contributed by atoms with Crippen LogP contribution in [0.2, 0.25) is 0 Å². The first kappa shape index (κ1) is 34.5. The minimum absolute atomic E-state index is 0.0160. The number of sulfonamides is 1. The van der Waals surface area contributed by atoms with Crippen molar-refractivity contribution in [3.05, 3.63) is 59.0 Å². The Morgan fingerprint density at radius 2 is 1.37 bits per heavy atom. The highest BCUT2D eigenvalue weighted by Crippen LogP contribution is 2.40. The fourth-order valence-corrected chi connectivity index (χ4v) is 6.23. The first-order valence-corrected chi connectivity index (χ1v) is 16.7. The number of nitrogens with zero attached hydrogens (tertiary/aromatic N) is 3. The minimum atomic E-state index is -4.13. The Bertz CT molecular complexity index is 1820. The fraction of sp³-hybridized carbons (Fsp3) is 0.424. The molecule has 0 aliphatic heterocycles. The number of fused-ring (bicyclic) bond motifs is 1. The molecule has 250 valence electrons. The standard InChI is InChI=1S/C33H44N4O8S/c1-7-15-43-23-17-24(44-16-11-9-8-10-14-34)19-25(18-23)45-31-22-28-27(35(2)33(38)36(28)3)21-29(31)37(4)46(39,40)26-12-13-30(41-5)32(20-26)42-6/h12-13,17-22H,7-11,14-16,34H2,1-6H3. The third kappa shape index (κ3) is 7.53. The van der Waals surface area contributed by atoms with Crippen LogP contribution in [0.5, 0.6) is 34.5 Å². The number of ether oxygens (including phenoxy) is 5. The maximum atomic E-state index is 14.0. The van der Waals surface area contributed by atoms with Gasteiger partial charge in [-0.3, -0.25) is 13.4 Å². The van der Waals surface area contributed by atoms with Gasteiger partial charge in [-0.2, -0.15) is 0 Å². The van der Waals surface area contributed by atoms with Gasteiger partial charge in [-0.25, -0.2) is 13.2 Å². The Balaban J connectivity index is 1.78. The third-order valence-electron chi connectivity index (χ3n) is 7.63. The molecule has 2 N–H and O–H groups in total. The quantitative estimate of drug-likeness (QED) is 0.152. The number of nitrogens with two attached hydrogens (primary N) is 1. The maximum absolute atomic E-state index is 14.0. The maximum Gasteiger partial charge on any atom is 0.328 e. The van der Waals surface area contributed by atoms with Crippen LogP contribution in [0.1, 0.15) is 39.0 Å². The summed E-state index contributed by atoms with van der Waals surface area (Å²) in [5, 5.41) is 0. The lowest BCUT2D eigenvalue weighted by Crippen LogP contribution is -2.27. The Kier molecular flexibility index (Phi) is 11.5. The van der Waals surface area contributed by atoms with Gasteiger partial charge >= 0.3 is 5.69 Å². The van der Waals surface area contributed by atoms with Gasteiger partial charge < -0.3 is 29.4 Å². The van der Waals surface area contributed by atoms with Crippen molar-refractivity contribution in [2.75, 3.05) is 45.3 Å². The molecule has 0 saturated heterocycles. The van der Waals surface area contributed by atoms with Crippen LogP contribution in [0.4, 0.5) is 5.69 Å². The van der Waals surface area contributed by atoms with E-state index >= 15 is 0 Å². The summed E-state index contributed by atoms with van der Waals surface area (Å²) < 4.78 is 61.1. The van der Waals surface area contributed by atoms with Crippen molar-refractivity contribution in [2.24, 2.45) is 19.8 Å². The summed E-state index contributed by atoms with van der Waals surface area (Å²) in [5.74, 6) is 2.37. The molecule has 0 unspecified atom stereocenters. The molecule has 4 aromatic rings.